The highest BCUT2D eigenvalue weighted by atomic mass is 32.2. The van der Waals surface area contributed by atoms with E-state index in [-0.39, 0.29) is 18.6 Å². The largest absolute Gasteiger partial charge is 0.484 e. The number of piperidine rings is 1. The monoisotopic (exact) mass is 408 g/mol. The second-order valence-corrected chi connectivity index (χ2v) is 9.50. The Balaban J connectivity index is 1.49. The third kappa shape index (κ3) is 5.31. The van der Waals surface area contributed by atoms with E-state index in [0.29, 0.717) is 29.5 Å². The maximum Gasteiger partial charge on any atom is 0.257 e. The molecule has 0 spiro atoms. The van der Waals surface area contributed by atoms with Crippen molar-refractivity contribution in [3.63, 3.8) is 0 Å². The summed E-state index contributed by atoms with van der Waals surface area (Å²) in [5.74, 6) is 0.440. The number of hydrogen-bond donors (Lipinski definition) is 1. The van der Waals surface area contributed by atoms with Crippen LogP contribution in [0.4, 0.5) is 0 Å². The van der Waals surface area contributed by atoms with Gasteiger partial charge in [-0.05, 0) is 42.8 Å². The predicted octanol–water partition coefficient (Wildman–Crippen LogP) is 2.88. The Bertz CT molecular complexity index is 823. The third-order valence-corrected chi connectivity index (χ3v) is 7.87. The molecule has 2 heterocycles. The van der Waals surface area contributed by atoms with Gasteiger partial charge in [-0.25, -0.2) is 8.42 Å². The normalized spacial score (nSPS) is 18.1. The molecule has 1 aromatic carbocycles. The second kappa shape index (κ2) is 9.34. The highest BCUT2D eigenvalue weighted by Gasteiger charge is 2.33. The van der Waals surface area contributed by atoms with Gasteiger partial charge in [0.2, 0.25) is 0 Å². The number of carbonyl (C=O) groups excluding carboxylic acids is 1. The van der Waals surface area contributed by atoms with Crippen LogP contribution in [-0.4, -0.2) is 44.4 Å². The van der Waals surface area contributed by atoms with Crippen molar-refractivity contribution < 1.29 is 17.9 Å². The van der Waals surface area contributed by atoms with Gasteiger partial charge in [0.05, 0.1) is 0 Å². The second-order valence-electron chi connectivity index (χ2n) is 6.44. The number of nitrogens with one attached hydrogen (secondary N) is 1. The number of benzene rings is 1. The zero-order valence-corrected chi connectivity index (χ0v) is 16.7. The molecule has 1 aliphatic heterocycles. The summed E-state index contributed by atoms with van der Waals surface area (Å²) in [4.78, 5) is 12.0. The Labute approximate surface area is 164 Å². The third-order valence-electron chi connectivity index (χ3n) is 4.54. The number of rotatable bonds is 8. The van der Waals surface area contributed by atoms with E-state index in [0.717, 1.165) is 19.3 Å². The van der Waals surface area contributed by atoms with Crippen molar-refractivity contribution in [2.24, 2.45) is 0 Å². The van der Waals surface area contributed by atoms with E-state index in [4.69, 9.17) is 4.74 Å². The molecule has 1 N–H and O–H groups in total. The van der Waals surface area contributed by atoms with Gasteiger partial charge < -0.3 is 10.1 Å². The summed E-state index contributed by atoms with van der Waals surface area (Å²) in [5, 5.41) is 4.60. The van der Waals surface area contributed by atoms with E-state index < -0.39 is 10.0 Å². The van der Waals surface area contributed by atoms with Gasteiger partial charge in [0, 0.05) is 19.1 Å². The van der Waals surface area contributed by atoms with E-state index in [2.05, 4.69) is 5.32 Å². The van der Waals surface area contributed by atoms with Crippen LogP contribution in [0.5, 0.6) is 5.75 Å². The van der Waals surface area contributed by atoms with Gasteiger partial charge >= 0.3 is 0 Å². The Kier molecular flexibility index (Phi) is 6.87. The van der Waals surface area contributed by atoms with Crippen LogP contribution in [0.25, 0.3) is 0 Å². The first-order valence-electron chi connectivity index (χ1n) is 9.07. The first kappa shape index (κ1) is 19.9. The van der Waals surface area contributed by atoms with E-state index in [1.165, 1.54) is 11.3 Å². The molecule has 146 valence electrons. The average Bonchev–Trinajstić information content (AvgIpc) is 3.23. The maximum atomic E-state index is 12.8. The number of sulfonamides is 1. The minimum Gasteiger partial charge on any atom is -0.484 e. The highest BCUT2D eigenvalue weighted by Crippen LogP contribution is 2.29. The van der Waals surface area contributed by atoms with Gasteiger partial charge in [-0.3, -0.25) is 4.79 Å². The first-order valence-corrected chi connectivity index (χ1v) is 11.4. The van der Waals surface area contributed by atoms with Gasteiger partial charge in [0.1, 0.15) is 9.96 Å². The minimum atomic E-state index is -3.45. The standard InChI is InChI=1S/C19H24N2O4S2/c22-18(15-25-17-8-2-1-3-9-17)20-12-11-16-7-4-5-13-21(16)27(23,24)19-10-6-14-26-19/h1-3,6,8-10,14,16H,4-5,7,11-13,15H2,(H,20,22). The van der Waals surface area contributed by atoms with Crippen LogP contribution in [0.15, 0.2) is 52.1 Å². The molecule has 1 aromatic heterocycles. The Morgan fingerprint density at radius 1 is 1.19 bits per heavy atom. The molecule has 1 amide bonds. The Morgan fingerprint density at radius 3 is 2.74 bits per heavy atom. The smallest absolute Gasteiger partial charge is 0.257 e. The highest BCUT2D eigenvalue weighted by molar-refractivity contribution is 7.91. The summed E-state index contributed by atoms with van der Waals surface area (Å²) in [5.41, 5.74) is 0. The summed E-state index contributed by atoms with van der Waals surface area (Å²) in [7, 11) is -3.45. The number of para-hydroxylation sites is 1. The topological polar surface area (TPSA) is 75.7 Å². The lowest BCUT2D eigenvalue weighted by atomic mass is 10.0. The summed E-state index contributed by atoms with van der Waals surface area (Å²) in [6.07, 6.45) is 3.30. The number of carbonyl (C=O) groups is 1. The SMILES string of the molecule is O=C(COc1ccccc1)NCCC1CCCCN1S(=O)(=O)c1cccs1. The molecule has 1 unspecified atom stereocenters. The number of ether oxygens (including phenoxy) is 1. The molecule has 2 aromatic rings. The fourth-order valence-electron chi connectivity index (χ4n) is 3.20. The summed E-state index contributed by atoms with van der Waals surface area (Å²) in [6.45, 7) is 0.917. The molecule has 0 aliphatic carbocycles. The first-order chi connectivity index (χ1) is 13.1. The van der Waals surface area contributed by atoms with Crippen molar-refractivity contribution in [2.45, 2.75) is 35.9 Å². The van der Waals surface area contributed by atoms with Gasteiger partial charge in [-0.15, -0.1) is 11.3 Å². The van der Waals surface area contributed by atoms with Crippen LogP contribution in [0.1, 0.15) is 25.7 Å². The van der Waals surface area contributed by atoms with Crippen LogP contribution < -0.4 is 10.1 Å². The summed E-state index contributed by atoms with van der Waals surface area (Å²) in [6, 6.07) is 12.5. The Hall–Kier alpha value is -1.90. The molecule has 1 aliphatic rings. The van der Waals surface area contributed by atoms with E-state index >= 15 is 0 Å². The molecule has 1 atom stereocenters. The summed E-state index contributed by atoms with van der Waals surface area (Å²) >= 11 is 1.24. The molecular weight excluding hydrogens is 384 g/mol. The fourth-order valence-corrected chi connectivity index (χ4v) is 6.04. The lowest BCUT2D eigenvalue weighted by Crippen LogP contribution is -2.45. The van der Waals surface area contributed by atoms with Crippen molar-refractivity contribution in [3.05, 3.63) is 47.8 Å². The number of thiophene rings is 1. The lowest BCUT2D eigenvalue weighted by molar-refractivity contribution is -0.123. The van der Waals surface area contributed by atoms with Crippen LogP contribution in [0, 0.1) is 0 Å². The molecular formula is C19H24N2O4S2. The van der Waals surface area contributed by atoms with Crippen molar-refractivity contribution in [1.82, 2.24) is 9.62 Å². The van der Waals surface area contributed by atoms with Crippen molar-refractivity contribution >= 4 is 27.3 Å². The van der Waals surface area contributed by atoms with Gasteiger partial charge in [0.15, 0.2) is 6.61 Å². The van der Waals surface area contributed by atoms with Crippen molar-refractivity contribution in [3.8, 4) is 5.75 Å². The fraction of sp³-hybridized carbons (Fsp3) is 0.421. The van der Waals surface area contributed by atoms with Crippen LogP contribution in [0.2, 0.25) is 0 Å². The molecule has 1 saturated heterocycles. The Morgan fingerprint density at radius 2 is 2.00 bits per heavy atom. The van der Waals surface area contributed by atoms with Crippen LogP contribution in [-0.2, 0) is 14.8 Å². The van der Waals surface area contributed by atoms with Crippen molar-refractivity contribution in [1.29, 1.82) is 0 Å². The van der Waals surface area contributed by atoms with Crippen molar-refractivity contribution in [2.75, 3.05) is 19.7 Å². The van der Waals surface area contributed by atoms with E-state index in [1.807, 2.05) is 18.2 Å². The number of hydrogen-bond acceptors (Lipinski definition) is 5. The average molecular weight is 409 g/mol. The quantitative estimate of drug-likeness (QED) is 0.729. The number of amides is 1. The minimum absolute atomic E-state index is 0.0497. The van der Waals surface area contributed by atoms with E-state index in [1.54, 1.807) is 34.0 Å². The summed E-state index contributed by atoms with van der Waals surface area (Å²) < 4.78 is 33.1. The van der Waals surface area contributed by atoms with Gasteiger partial charge in [-0.2, -0.15) is 4.31 Å². The van der Waals surface area contributed by atoms with Gasteiger partial charge in [0.25, 0.3) is 15.9 Å². The lowest BCUT2D eigenvalue weighted by Gasteiger charge is -2.34. The molecule has 27 heavy (non-hydrogen) atoms. The molecule has 0 saturated carbocycles. The predicted molar refractivity (Wildman–Crippen MR) is 105 cm³/mol. The molecule has 6 nitrogen and oxygen atoms in total. The number of nitrogens with zero attached hydrogens (tertiary/aromatic N) is 1. The van der Waals surface area contributed by atoms with Gasteiger partial charge in [-0.1, -0.05) is 30.7 Å². The molecule has 3 rings (SSSR count). The van der Waals surface area contributed by atoms with E-state index in [9.17, 15) is 13.2 Å². The molecule has 0 bridgehead atoms. The molecule has 1 fully saturated rings. The maximum absolute atomic E-state index is 12.8. The van der Waals surface area contributed by atoms with Crippen LogP contribution in [0.3, 0.4) is 0 Å². The zero-order chi connectivity index (χ0) is 19.1. The zero-order valence-electron chi connectivity index (χ0n) is 15.0. The molecule has 0 radical (unpaired) electrons. The van der Waals surface area contributed by atoms with Crippen LogP contribution >= 0.6 is 11.3 Å². The molecule has 8 heteroatoms.